The zero-order chi connectivity index (χ0) is 26.9. The molecular weight excluding hydrogens is 480 g/mol. The molecule has 0 aromatic heterocycles. The number of piperidine rings is 2. The quantitative estimate of drug-likeness (QED) is 0.638. The number of fused-ring (bicyclic) bond motifs is 2. The van der Waals surface area contributed by atoms with E-state index in [0.29, 0.717) is 12.6 Å². The first-order valence-electron chi connectivity index (χ1n) is 13.8. The number of amides is 3. The second-order valence-corrected chi connectivity index (χ2v) is 10.8. The van der Waals surface area contributed by atoms with Crippen molar-refractivity contribution in [2.45, 2.75) is 57.9 Å². The highest BCUT2D eigenvalue weighted by Gasteiger charge is 2.46. The minimum atomic E-state index is -0.198. The maximum Gasteiger partial charge on any atom is 0.409 e. The molecule has 2 fully saturated rings. The maximum absolute atomic E-state index is 12.6. The van der Waals surface area contributed by atoms with Crippen LogP contribution in [0.4, 0.5) is 16.2 Å². The Labute approximate surface area is 224 Å². The second-order valence-electron chi connectivity index (χ2n) is 10.8. The van der Waals surface area contributed by atoms with Crippen LogP contribution in [0.1, 0.15) is 52.0 Å². The molecule has 3 amide bonds. The van der Waals surface area contributed by atoms with E-state index in [4.69, 9.17) is 4.74 Å². The van der Waals surface area contributed by atoms with Crippen molar-refractivity contribution in [3.05, 3.63) is 48.0 Å². The minimum Gasteiger partial charge on any atom is -0.450 e. The van der Waals surface area contributed by atoms with E-state index >= 15 is 0 Å². The molecule has 1 spiro atoms. The van der Waals surface area contributed by atoms with E-state index in [2.05, 4.69) is 28.4 Å². The fourth-order valence-corrected chi connectivity index (χ4v) is 6.45. The molecule has 0 atom stereocenters. The van der Waals surface area contributed by atoms with Crippen molar-refractivity contribution in [2.75, 3.05) is 49.5 Å². The summed E-state index contributed by atoms with van der Waals surface area (Å²) < 4.78 is 5.18. The molecule has 5 rings (SSSR count). The maximum atomic E-state index is 12.6. The van der Waals surface area contributed by atoms with Gasteiger partial charge in [0.2, 0.25) is 11.8 Å². The zero-order valence-corrected chi connectivity index (χ0v) is 22.7. The Morgan fingerprint density at radius 2 is 1.61 bits per heavy atom. The van der Waals surface area contributed by atoms with Crippen molar-refractivity contribution in [3.63, 3.8) is 0 Å². The molecule has 38 heavy (non-hydrogen) atoms. The van der Waals surface area contributed by atoms with E-state index < -0.39 is 0 Å². The van der Waals surface area contributed by atoms with E-state index in [1.165, 1.54) is 12.5 Å². The van der Waals surface area contributed by atoms with Gasteiger partial charge in [-0.3, -0.25) is 9.59 Å². The lowest BCUT2D eigenvalue weighted by Crippen LogP contribution is -2.52. The summed E-state index contributed by atoms with van der Waals surface area (Å²) in [6, 6.07) is 14.9. The molecule has 1 N–H and O–H groups in total. The van der Waals surface area contributed by atoms with Crippen LogP contribution in [-0.4, -0.2) is 73.1 Å². The molecule has 2 aromatic rings. The molecule has 0 saturated carbocycles. The number of hydrogen-bond donors (Lipinski definition) is 1. The van der Waals surface area contributed by atoms with Crippen molar-refractivity contribution >= 4 is 29.3 Å². The first-order valence-corrected chi connectivity index (χ1v) is 13.8. The Balaban J connectivity index is 1.31. The molecule has 3 aliphatic heterocycles. The van der Waals surface area contributed by atoms with Crippen LogP contribution in [0.3, 0.4) is 0 Å². The fourth-order valence-electron chi connectivity index (χ4n) is 6.45. The van der Waals surface area contributed by atoms with Crippen molar-refractivity contribution < 1.29 is 19.1 Å². The van der Waals surface area contributed by atoms with Gasteiger partial charge in [0.15, 0.2) is 0 Å². The molecule has 8 heteroatoms. The summed E-state index contributed by atoms with van der Waals surface area (Å²) in [4.78, 5) is 42.4. The van der Waals surface area contributed by atoms with Crippen LogP contribution >= 0.6 is 0 Å². The van der Waals surface area contributed by atoms with Crippen molar-refractivity contribution in [1.82, 2.24) is 9.80 Å². The Bertz CT molecular complexity index is 1200. The van der Waals surface area contributed by atoms with E-state index in [0.717, 1.165) is 80.9 Å². The number of nitrogens with one attached hydrogen (secondary N) is 1. The van der Waals surface area contributed by atoms with Gasteiger partial charge in [0, 0.05) is 56.3 Å². The first-order chi connectivity index (χ1) is 18.3. The van der Waals surface area contributed by atoms with Gasteiger partial charge in [-0.1, -0.05) is 18.2 Å². The zero-order valence-electron chi connectivity index (χ0n) is 22.7. The third-order valence-corrected chi connectivity index (χ3v) is 8.50. The Hall–Kier alpha value is -3.39. The van der Waals surface area contributed by atoms with Crippen molar-refractivity contribution in [1.29, 1.82) is 0 Å². The number of likely N-dealkylation sites (tertiary alicyclic amines) is 2. The van der Waals surface area contributed by atoms with E-state index in [1.54, 1.807) is 6.92 Å². The second kappa shape index (κ2) is 10.8. The number of carbonyl (C=O) groups is 3. The van der Waals surface area contributed by atoms with Gasteiger partial charge in [-0.05, 0) is 86.7 Å². The molecule has 0 radical (unpaired) electrons. The third-order valence-electron chi connectivity index (χ3n) is 8.50. The van der Waals surface area contributed by atoms with Gasteiger partial charge in [0.25, 0.3) is 0 Å². The number of anilines is 2. The summed E-state index contributed by atoms with van der Waals surface area (Å²) in [6.45, 7) is 9.63. The lowest BCUT2D eigenvalue weighted by atomic mass is 9.73. The topological polar surface area (TPSA) is 82.2 Å². The fraction of sp³-hybridized carbons (Fsp3) is 0.500. The average molecular weight is 519 g/mol. The highest BCUT2D eigenvalue weighted by molar-refractivity contribution is 5.95. The number of benzene rings is 2. The molecule has 202 valence electrons. The van der Waals surface area contributed by atoms with Gasteiger partial charge in [0.1, 0.15) is 0 Å². The van der Waals surface area contributed by atoms with Crippen LogP contribution in [0.25, 0.3) is 11.1 Å². The lowest BCUT2D eigenvalue weighted by Gasteiger charge is -2.45. The van der Waals surface area contributed by atoms with Gasteiger partial charge in [-0.25, -0.2) is 4.79 Å². The molecule has 3 aliphatic rings. The van der Waals surface area contributed by atoms with Gasteiger partial charge >= 0.3 is 6.09 Å². The van der Waals surface area contributed by atoms with Crippen LogP contribution in [0.15, 0.2) is 42.5 Å². The molecular formula is C30H38N4O4. The summed E-state index contributed by atoms with van der Waals surface area (Å²) >= 11 is 0. The normalized spacial score (nSPS) is 19.3. The molecule has 0 aliphatic carbocycles. The third kappa shape index (κ3) is 5.14. The van der Waals surface area contributed by atoms with E-state index in [-0.39, 0.29) is 23.3 Å². The Morgan fingerprint density at radius 3 is 2.21 bits per heavy atom. The highest BCUT2D eigenvalue weighted by atomic mass is 16.6. The summed E-state index contributed by atoms with van der Waals surface area (Å²) in [5.41, 5.74) is 5.25. The molecule has 3 heterocycles. The van der Waals surface area contributed by atoms with Crippen molar-refractivity contribution in [3.8, 4) is 11.1 Å². The van der Waals surface area contributed by atoms with Crippen LogP contribution in [-0.2, 0) is 19.7 Å². The summed E-state index contributed by atoms with van der Waals surface area (Å²) in [6.07, 6.45) is 3.76. The predicted octanol–water partition coefficient (Wildman–Crippen LogP) is 4.63. The molecule has 2 saturated heterocycles. The number of ether oxygens (including phenoxy) is 1. The average Bonchev–Trinajstić information content (AvgIpc) is 3.23. The SMILES string of the molecule is CCOC(=O)N1CCC(N2CCC3(CC2)CN(C(C)=O)c2ccc(-c4ccc(NC(C)=O)cc4)cc23)CC1. The van der Waals surface area contributed by atoms with Crippen LogP contribution in [0.5, 0.6) is 0 Å². The highest BCUT2D eigenvalue weighted by Crippen LogP contribution is 2.48. The summed E-state index contributed by atoms with van der Waals surface area (Å²) in [5, 5.41) is 2.82. The first kappa shape index (κ1) is 26.2. The van der Waals surface area contributed by atoms with Crippen LogP contribution in [0, 0.1) is 0 Å². The van der Waals surface area contributed by atoms with Crippen molar-refractivity contribution in [2.24, 2.45) is 0 Å². The molecule has 0 bridgehead atoms. The van der Waals surface area contributed by atoms with E-state index in [9.17, 15) is 14.4 Å². The van der Waals surface area contributed by atoms with Crippen LogP contribution in [0.2, 0.25) is 0 Å². The smallest absolute Gasteiger partial charge is 0.409 e. The molecule has 0 unspecified atom stereocenters. The summed E-state index contributed by atoms with van der Waals surface area (Å²) in [7, 11) is 0. The number of nitrogens with zero attached hydrogens (tertiary/aromatic N) is 3. The molecule has 8 nitrogen and oxygen atoms in total. The Morgan fingerprint density at radius 1 is 0.947 bits per heavy atom. The standard InChI is InChI=1S/C30H38N4O4/c1-4-38-29(37)33-15-11-26(12-16-33)32-17-13-30(14-18-32)20-34(22(3)36)28-10-7-24(19-27(28)30)23-5-8-25(9-6-23)31-21(2)35/h5-10,19,26H,4,11-18,20H2,1-3H3,(H,31,35). The predicted molar refractivity (Wildman–Crippen MR) is 148 cm³/mol. The minimum absolute atomic E-state index is 0.0464. The van der Waals surface area contributed by atoms with Gasteiger partial charge in [-0.2, -0.15) is 0 Å². The largest absolute Gasteiger partial charge is 0.450 e. The van der Waals surface area contributed by atoms with Crippen LogP contribution < -0.4 is 10.2 Å². The van der Waals surface area contributed by atoms with Gasteiger partial charge in [-0.15, -0.1) is 0 Å². The molecule has 2 aromatic carbocycles. The number of carbonyl (C=O) groups excluding carboxylic acids is 3. The summed E-state index contributed by atoms with van der Waals surface area (Å²) in [5.74, 6) is 0.00161. The Kier molecular flexibility index (Phi) is 7.43. The van der Waals surface area contributed by atoms with E-state index in [1.807, 2.05) is 41.0 Å². The monoisotopic (exact) mass is 518 g/mol. The lowest BCUT2D eigenvalue weighted by molar-refractivity contribution is -0.116. The number of rotatable bonds is 4. The van der Waals surface area contributed by atoms with Gasteiger partial charge < -0.3 is 24.8 Å². The van der Waals surface area contributed by atoms with Gasteiger partial charge in [0.05, 0.1) is 6.61 Å². The number of hydrogen-bond acceptors (Lipinski definition) is 5.